The van der Waals surface area contributed by atoms with E-state index in [1.54, 1.807) is 0 Å². The minimum atomic E-state index is 0.00624. The van der Waals surface area contributed by atoms with Crippen LogP contribution in [0.3, 0.4) is 0 Å². The average molecular weight is 811 g/mol. The Labute approximate surface area is 355 Å². The monoisotopic (exact) mass is 810 g/mol. The summed E-state index contributed by atoms with van der Waals surface area (Å²) < 4.78 is 9.59. The molecule has 0 fully saturated rings. The van der Waals surface area contributed by atoms with Gasteiger partial charge in [-0.25, -0.2) is 0 Å². The molecule has 0 atom stereocenters. The summed E-state index contributed by atoms with van der Waals surface area (Å²) in [4.78, 5) is 4.09. The van der Waals surface area contributed by atoms with Crippen molar-refractivity contribution in [2.75, 3.05) is 4.90 Å². The lowest BCUT2D eigenvalue weighted by Gasteiger charge is -2.44. The normalized spacial score (nSPS) is 16.3. The molecule has 59 heavy (non-hydrogen) atoms. The van der Waals surface area contributed by atoms with Crippen LogP contribution in [0, 0.1) is 6.92 Å². The van der Waals surface area contributed by atoms with Gasteiger partial charge in [0.25, 0.3) is 0 Å². The van der Waals surface area contributed by atoms with Gasteiger partial charge >= 0.3 is 6.85 Å². The summed E-state index contributed by atoms with van der Waals surface area (Å²) in [5, 5.41) is 9.51. The van der Waals surface area contributed by atoms with Crippen LogP contribution >= 0.6 is 34.0 Å². The van der Waals surface area contributed by atoms with Gasteiger partial charge in [-0.1, -0.05) is 107 Å². The summed E-state index contributed by atoms with van der Waals surface area (Å²) in [5.74, 6) is 0. The van der Waals surface area contributed by atoms with E-state index in [0.29, 0.717) is 0 Å². The molecule has 6 heterocycles. The van der Waals surface area contributed by atoms with Crippen LogP contribution in [0.5, 0.6) is 0 Å². The van der Waals surface area contributed by atoms with Crippen LogP contribution in [0.15, 0.2) is 121 Å². The van der Waals surface area contributed by atoms with E-state index >= 15 is 0 Å². The SMILES string of the molecule is Cc1cc2c(cc1N1c3cc4c(cc3B3c5c1cc1c(sc6ccccc61)c5-c1cccc5c6c7ccccc7sc6n3c15)sc1ccccc14)C(C)(C)CCC2(C)C. The van der Waals surface area contributed by atoms with Gasteiger partial charge in [0.05, 0.1) is 4.83 Å². The molecule has 0 unspecified atom stereocenters. The molecule has 11 aromatic rings. The molecule has 7 aromatic carbocycles. The van der Waals surface area contributed by atoms with Crippen molar-refractivity contribution >= 4 is 140 Å². The van der Waals surface area contributed by atoms with Crippen LogP contribution < -0.4 is 15.8 Å². The Balaban J connectivity index is 1.21. The third-order valence-electron chi connectivity index (χ3n) is 14.5. The number of hydrogen-bond acceptors (Lipinski definition) is 4. The van der Waals surface area contributed by atoms with Crippen molar-refractivity contribution in [3.8, 4) is 11.1 Å². The zero-order chi connectivity index (χ0) is 39.3. The van der Waals surface area contributed by atoms with Gasteiger partial charge in [0.2, 0.25) is 0 Å². The van der Waals surface area contributed by atoms with Gasteiger partial charge < -0.3 is 9.38 Å². The Morgan fingerprint density at radius 1 is 0.542 bits per heavy atom. The van der Waals surface area contributed by atoms with Crippen molar-refractivity contribution in [1.29, 1.82) is 0 Å². The van der Waals surface area contributed by atoms with Crippen molar-refractivity contribution in [2.45, 2.75) is 58.3 Å². The zero-order valence-corrected chi connectivity index (χ0v) is 36.1. The van der Waals surface area contributed by atoms with Crippen LogP contribution in [0.25, 0.3) is 82.7 Å². The molecule has 0 spiro atoms. The van der Waals surface area contributed by atoms with E-state index in [0.717, 1.165) is 0 Å². The van der Waals surface area contributed by atoms with E-state index in [9.17, 15) is 0 Å². The summed E-state index contributed by atoms with van der Waals surface area (Å²) in [6.45, 7) is 12.2. The first-order chi connectivity index (χ1) is 28.7. The number of aryl methyl sites for hydroxylation is 1. The number of fused-ring (bicyclic) bond motifs is 17. The molecular formula is C53H39BN2S3. The fourth-order valence-corrected chi connectivity index (χ4v) is 15.2. The lowest BCUT2D eigenvalue weighted by molar-refractivity contribution is 0.332. The van der Waals surface area contributed by atoms with Gasteiger partial charge in [-0.3, -0.25) is 0 Å². The molecule has 0 amide bonds. The average Bonchev–Trinajstić information content (AvgIpc) is 3.99. The van der Waals surface area contributed by atoms with E-state index < -0.39 is 0 Å². The van der Waals surface area contributed by atoms with Gasteiger partial charge in [-0.05, 0) is 101 Å². The Morgan fingerprint density at radius 3 is 1.93 bits per heavy atom. The van der Waals surface area contributed by atoms with Crippen molar-refractivity contribution in [2.24, 2.45) is 0 Å². The van der Waals surface area contributed by atoms with Crippen LogP contribution in [-0.2, 0) is 10.8 Å². The predicted octanol–water partition coefficient (Wildman–Crippen LogP) is 14.8. The van der Waals surface area contributed by atoms with Crippen molar-refractivity contribution in [1.82, 2.24) is 4.48 Å². The van der Waals surface area contributed by atoms with E-state index in [2.05, 4.69) is 165 Å². The van der Waals surface area contributed by atoms with Gasteiger partial charge in [-0.2, -0.15) is 0 Å². The number of rotatable bonds is 1. The van der Waals surface area contributed by atoms with Gasteiger partial charge in [0, 0.05) is 94.9 Å². The molecule has 0 N–H and O–H groups in total. The van der Waals surface area contributed by atoms with Crippen LogP contribution in [0.2, 0.25) is 0 Å². The van der Waals surface area contributed by atoms with Gasteiger partial charge in [-0.15, -0.1) is 34.0 Å². The smallest absolute Gasteiger partial charge is 0.333 e. The lowest BCUT2D eigenvalue weighted by atomic mass is 9.45. The molecule has 2 nitrogen and oxygen atoms in total. The molecule has 6 heteroatoms. The molecule has 2 aliphatic heterocycles. The second-order valence-electron chi connectivity index (χ2n) is 18.7. The minimum Gasteiger partial charge on any atom is -0.367 e. The molecule has 1 aliphatic carbocycles. The molecule has 0 bridgehead atoms. The summed E-state index contributed by atoms with van der Waals surface area (Å²) in [5.41, 5.74) is 15.5. The summed E-state index contributed by atoms with van der Waals surface area (Å²) >= 11 is 5.88. The quantitative estimate of drug-likeness (QED) is 0.150. The predicted molar refractivity (Wildman–Crippen MR) is 261 cm³/mol. The van der Waals surface area contributed by atoms with Gasteiger partial charge in [0.15, 0.2) is 0 Å². The maximum Gasteiger partial charge on any atom is 0.333 e. The van der Waals surface area contributed by atoms with Crippen molar-refractivity contribution in [3.05, 3.63) is 138 Å². The zero-order valence-electron chi connectivity index (χ0n) is 33.7. The summed E-state index contributed by atoms with van der Waals surface area (Å²) in [7, 11) is 0. The highest BCUT2D eigenvalue weighted by molar-refractivity contribution is 7.27. The van der Waals surface area contributed by atoms with Crippen molar-refractivity contribution < 1.29 is 0 Å². The van der Waals surface area contributed by atoms with Crippen LogP contribution in [0.4, 0.5) is 17.1 Å². The number of hydrogen-bond donors (Lipinski definition) is 0. The number of nitrogens with zero attached hydrogens (tertiary/aromatic N) is 2. The highest BCUT2D eigenvalue weighted by Gasteiger charge is 2.46. The molecule has 0 saturated carbocycles. The highest BCUT2D eigenvalue weighted by Crippen LogP contribution is 2.55. The number of thiophene rings is 3. The first-order valence-electron chi connectivity index (χ1n) is 21.0. The second kappa shape index (κ2) is 11.0. The maximum atomic E-state index is 2.77. The third-order valence-corrected chi connectivity index (χ3v) is 18.1. The number of anilines is 3. The summed E-state index contributed by atoms with van der Waals surface area (Å²) in [6.07, 6.45) is 2.39. The Hall–Kier alpha value is -5.40. The fourth-order valence-electron chi connectivity index (χ4n) is 11.6. The first-order valence-corrected chi connectivity index (χ1v) is 23.4. The fraction of sp³-hybridized carbons (Fsp3) is 0.170. The Bertz CT molecular complexity index is 3720. The van der Waals surface area contributed by atoms with E-state index in [4.69, 9.17) is 0 Å². The second-order valence-corrected chi connectivity index (χ2v) is 21.9. The number of para-hydroxylation sites is 1. The maximum absolute atomic E-state index is 2.77. The number of benzene rings is 7. The molecular weight excluding hydrogens is 772 g/mol. The Morgan fingerprint density at radius 2 is 1.17 bits per heavy atom. The van der Waals surface area contributed by atoms with E-state index in [1.165, 1.54) is 140 Å². The van der Waals surface area contributed by atoms with E-state index in [-0.39, 0.29) is 17.7 Å². The van der Waals surface area contributed by atoms with Crippen LogP contribution in [0.1, 0.15) is 57.2 Å². The molecule has 3 aliphatic rings. The number of aromatic nitrogens is 1. The minimum absolute atomic E-state index is 0.00624. The largest absolute Gasteiger partial charge is 0.367 e. The van der Waals surface area contributed by atoms with E-state index in [1.807, 2.05) is 34.0 Å². The highest BCUT2D eigenvalue weighted by atomic mass is 32.1. The first kappa shape index (κ1) is 33.4. The molecule has 14 rings (SSSR count). The van der Waals surface area contributed by atoms with Crippen molar-refractivity contribution in [3.63, 3.8) is 0 Å². The summed E-state index contributed by atoms with van der Waals surface area (Å²) in [6, 6.07) is 47.2. The third kappa shape index (κ3) is 4.13. The molecule has 0 saturated heterocycles. The lowest BCUT2D eigenvalue weighted by Crippen LogP contribution is -2.56. The van der Waals surface area contributed by atoms with Crippen LogP contribution in [-0.4, -0.2) is 11.3 Å². The molecule has 4 aromatic heterocycles. The standard InChI is InChI=1S/C53H39BN2S3/c1-28-23-36-37(53(4,5)22-21-52(36,2)3)26-39(28)55-40-24-34-29-13-6-9-18-42(29)57-45(34)27-38(40)54-48-41(55)25-35-30-14-7-10-19-43(30)58-50(35)47(48)33-17-12-16-32-46-31-15-8-11-20-44(31)59-51(46)56(54)49(32)33/h6-20,23-27H,21-22H2,1-5H3. The van der Waals surface area contributed by atoms with Gasteiger partial charge in [0.1, 0.15) is 0 Å². The molecule has 0 radical (unpaired) electrons. The topological polar surface area (TPSA) is 8.17 Å². The Kier molecular flexibility index (Phi) is 6.26. The molecule has 282 valence electrons.